The van der Waals surface area contributed by atoms with Crippen molar-refractivity contribution >= 4 is 0 Å². The predicted octanol–water partition coefficient (Wildman–Crippen LogP) is 1.85. The van der Waals surface area contributed by atoms with Gasteiger partial charge in [0.1, 0.15) is 0 Å². The van der Waals surface area contributed by atoms with Crippen LogP contribution in [0.2, 0.25) is 0 Å². The Bertz CT molecular complexity index is 177. The minimum Gasteiger partial charge on any atom is -0.327 e. The first-order valence-electron chi connectivity index (χ1n) is 6.27. The van der Waals surface area contributed by atoms with Gasteiger partial charge in [-0.15, -0.1) is 0 Å². The van der Waals surface area contributed by atoms with Crippen molar-refractivity contribution in [2.24, 2.45) is 17.6 Å². The molecule has 0 aromatic carbocycles. The number of likely N-dealkylation sites (tertiary alicyclic amines) is 1. The summed E-state index contributed by atoms with van der Waals surface area (Å²) in [5, 5.41) is 0. The molecular formula is C12H24N2. The van der Waals surface area contributed by atoms with Crippen molar-refractivity contribution in [1.82, 2.24) is 4.90 Å². The van der Waals surface area contributed by atoms with Crippen LogP contribution in [0.25, 0.3) is 0 Å². The van der Waals surface area contributed by atoms with Gasteiger partial charge in [-0.2, -0.15) is 0 Å². The van der Waals surface area contributed by atoms with E-state index in [1.165, 1.54) is 51.7 Å². The first-order valence-corrected chi connectivity index (χ1v) is 6.27. The smallest absolute Gasteiger partial charge is 0.00914 e. The fourth-order valence-electron chi connectivity index (χ4n) is 2.76. The molecule has 2 heteroatoms. The quantitative estimate of drug-likeness (QED) is 0.746. The van der Waals surface area contributed by atoms with Crippen molar-refractivity contribution in [2.75, 3.05) is 19.6 Å². The van der Waals surface area contributed by atoms with Crippen LogP contribution < -0.4 is 5.73 Å². The van der Waals surface area contributed by atoms with E-state index < -0.39 is 0 Å². The number of rotatable bonds is 3. The van der Waals surface area contributed by atoms with E-state index in [-0.39, 0.29) is 0 Å². The molecule has 2 N–H and O–H groups in total. The standard InChI is InChI=1S/C12H24N2/c1-2-11-9-14(7-6-12(11)13)8-10-4-3-5-10/h10-12H,2-9,13H2,1H3. The maximum absolute atomic E-state index is 6.10. The maximum Gasteiger partial charge on any atom is 0.00914 e. The van der Waals surface area contributed by atoms with E-state index in [1.54, 1.807) is 0 Å². The molecule has 2 rings (SSSR count). The summed E-state index contributed by atoms with van der Waals surface area (Å²) in [7, 11) is 0. The Kier molecular flexibility index (Phi) is 3.45. The Morgan fingerprint density at radius 3 is 2.64 bits per heavy atom. The van der Waals surface area contributed by atoms with E-state index in [0.717, 1.165) is 11.8 Å². The number of hydrogen-bond donors (Lipinski definition) is 1. The second kappa shape index (κ2) is 4.63. The van der Waals surface area contributed by atoms with E-state index in [9.17, 15) is 0 Å². The Labute approximate surface area is 87.8 Å². The Balaban J connectivity index is 1.76. The first-order chi connectivity index (χ1) is 6.79. The Hall–Kier alpha value is -0.0800. The van der Waals surface area contributed by atoms with Crippen LogP contribution in [0, 0.1) is 11.8 Å². The van der Waals surface area contributed by atoms with Crippen LogP contribution in [0.4, 0.5) is 0 Å². The topological polar surface area (TPSA) is 29.3 Å². The number of piperidine rings is 1. The highest BCUT2D eigenvalue weighted by Crippen LogP contribution is 2.29. The lowest BCUT2D eigenvalue weighted by Crippen LogP contribution is -2.48. The van der Waals surface area contributed by atoms with Crippen LogP contribution in [0.5, 0.6) is 0 Å². The lowest BCUT2D eigenvalue weighted by molar-refractivity contribution is 0.110. The first kappa shape index (κ1) is 10.4. The van der Waals surface area contributed by atoms with Crippen molar-refractivity contribution in [3.8, 4) is 0 Å². The van der Waals surface area contributed by atoms with E-state index in [1.807, 2.05) is 0 Å². The van der Waals surface area contributed by atoms with Gasteiger partial charge in [0, 0.05) is 19.1 Å². The van der Waals surface area contributed by atoms with Crippen molar-refractivity contribution < 1.29 is 0 Å². The second-order valence-electron chi connectivity index (χ2n) is 5.18. The summed E-state index contributed by atoms with van der Waals surface area (Å²) >= 11 is 0. The minimum absolute atomic E-state index is 0.470. The summed E-state index contributed by atoms with van der Waals surface area (Å²) in [6, 6.07) is 0.470. The van der Waals surface area contributed by atoms with Gasteiger partial charge in [0.25, 0.3) is 0 Å². The van der Waals surface area contributed by atoms with E-state index in [4.69, 9.17) is 5.73 Å². The normalized spacial score (nSPS) is 35.6. The van der Waals surface area contributed by atoms with E-state index in [2.05, 4.69) is 11.8 Å². The third-order valence-electron chi connectivity index (χ3n) is 4.14. The van der Waals surface area contributed by atoms with Gasteiger partial charge in [0.15, 0.2) is 0 Å². The molecule has 1 aliphatic heterocycles. The molecule has 2 unspecified atom stereocenters. The Morgan fingerprint density at radius 2 is 2.07 bits per heavy atom. The zero-order valence-corrected chi connectivity index (χ0v) is 9.41. The van der Waals surface area contributed by atoms with Crippen molar-refractivity contribution in [3.05, 3.63) is 0 Å². The van der Waals surface area contributed by atoms with Crippen molar-refractivity contribution in [3.63, 3.8) is 0 Å². The van der Waals surface area contributed by atoms with Crippen LogP contribution >= 0.6 is 0 Å². The van der Waals surface area contributed by atoms with Gasteiger partial charge < -0.3 is 10.6 Å². The van der Waals surface area contributed by atoms with Gasteiger partial charge in [-0.1, -0.05) is 19.8 Å². The molecule has 0 aromatic rings. The molecule has 1 heterocycles. The van der Waals surface area contributed by atoms with Crippen LogP contribution in [-0.2, 0) is 0 Å². The van der Waals surface area contributed by atoms with Crippen molar-refractivity contribution in [1.29, 1.82) is 0 Å². The fourth-order valence-corrected chi connectivity index (χ4v) is 2.76. The molecule has 2 aliphatic rings. The van der Waals surface area contributed by atoms with Gasteiger partial charge in [-0.3, -0.25) is 0 Å². The minimum atomic E-state index is 0.470. The molecular weight excluding hydrogens is 172 g/mol. The highest BCUT2D eigenvalue weighted by atomic mass is 15.1. The molecule has 2 nitrogen and oxygen atoms in total. The fraction of sp³-hybridized carbons (Fsp3) is 1.00. The number of nitrogens with zero attached hydrogens (tertiary/aromatic N) is 1. The summed E-state index contributed by atoms with van der Waals surface area (Å²) in [5.41, 5.74) is 6.10. The lowest BCUT2D eigenvalue weighted by atomic mass is 9.83. The average molecular weight is 196 g/mol. The molecule has 0 bridgehead atoms. The molecule has 0 amide bonds. The summed E-state index contributed by atoms with van der Waals surface area (Å²) in [6.45, 7) is 6.13. The SMILES string of the molecule is CCC1CN(CC2CCC2)CCC1N. The molecule has 0 aromatic heterocycles. The highest BCUT2D eigenvalue weighted by molar-refractivity contribution is 4.84. The second-order valence-corrected chi connectivity index (χ2v) is 5.18. The maximum atomic E-state index is 6.10. The third-order valence-corrected chi connectivity index (χ3v) is 4.14. The molecule has 14 heavy (non-hydrogen) atoms. The largest absolute Gasteiger partial charge is 0.327 e. The molecule has 1 aliphatic carbocycles. The van der Waals surface area contributed by atoms with Crippen LogP contribution in [0.15, 0.2) is 0 Å². The lowest BCUT2D eigenvalue weighted by Gasteiger charge is -2.40. The summed E-state index contributed by atoms with van der Waals surface area (Å²) in [6.07, 6.45) is 6.88. The van der Waals surface area contributed by atoms with Gasteiger partial charge in [0.05, 0.1) is 0 Å². The molecule has 82 valence electrons. The van der Waals surface area contributed by atoms with Gasteiger partial charge in [-0.05, 0) is 37.6 Å². The van der Waals surface area contributed by atoms with Gasteiger partial charge in [-0.25, -0.2) is 0 Å². The van der Waals surface area contributed by atoms with Gasteiger partial charge in [0.2, 0.25) is 0 Å². The molecule has 1 saturated heterocycles. The summed E-state index contributed by atoms with van der Waals surface area (Å²) in [4.78, 5) is 2.65. The number of hydrogen-bond acceptors (Lipinski definition) is 2. The van der Waals surface area contributed by atoms with E-state index >= 15 is 0 Å². The molecule has 0 spiro atoms. The molecule has 0 radical (unpaired) electrons. The Morgan fingerprint density at radius 1 is 1.29 bits per heavy atom. The predicted molar refractivity (Wildman–Crippen MR) is 60.2 cm³/mol. The van der Waals surface area contributed by atoms with Gasteiger partial charge >= 0.3 is 0 Å². The molecule has 2 atom stereocenters. The zero-order valence-electron chi connectivity index (χ0n) is 9.41. The summed E-state index contributed by atoms with van der Waals surface area (Å²) < 4.78 is 0. The molecule has 2 fully saturated rings. The summed E-state index contributed by atoms with van der Waals surface area (Å²) in [5.74, 6) is 1.77. The third kappa shape index (κ3) is 2.29. The van der Waals surface area contributed by atoms with Crippen molar-refractivity contribution in [2.45, 2.75) is 45.1 Å². The molecule has 1 saturated carbocycles. The van der Waals surface area contributed by atoms with Crippen LogP contribution in [-0.4, -0.2) is 30.6 Å². The van der Waals surface area contributed by atoms with E-state index in [0.29, 0.717) is 6.04 Å². The monoisotopic (exact) mass is 196 g/mol. The van der Waals surface area contributed by atoms with Crippen LogP contribution in [0.3, 0.4) is 0 Å². The number of nitrogens with two attached hydrogens (primary N) is 1. The average Bonchev–Trinajstić information content (AvgIpc) is 2.14. The highest BCUT2D eigenvalue weighted by Gasteiger charge is 2.28. The zero-order chi connectivity index (χ0) is 9.97. The van der Waals surface area contributed by atoms with Crippen LogP contribution in [0.1, 0.15) is 39.0 Å².